The smallest absolute Gasteiger partial charge is 0.102 e. The van der Waals surface area contributed by atoms with E-state index in [1.165, 1.54) is 13.1 Å². The van der Waals surface area contributed by atoms with E-state index in [1.54, 1.807) is 0 Å². The van der Waals surface area contributed by atoms with Gasteiger partial charge in [0.25, 0.3) is 0 Å². The summed E-state index contributed by atoms with van der Waals surface area (Å²) in [5, 5.41) is 0. The molecule has 0 radical (unpaired) electrons. The third kappa shape index (κ3) is 9.12. The van der Waals surface area contributed by atoms with Crippen LogP contribution in [0.1, 0.15) is 13.8 Å². The molecular formula is C11H27ClN2O. The lowest BCUT2D eigenvalue weighted by atomic mass is 10.3. The maximum absolute atomic E-state index is 5.41. The molecule has 3 nitrogen and oxygen atoms in total. The molecule has 0 rings (SSSR count). The first-order valence-electron chi connectivity index (χ1n) is 5.60. The van der Waals surface area contributed by atoms with Gasteiger partial charge in [0.15, 0.2) is 0 Å². The van der Waals surface area contributed by atoms with Gasteiger partial charge in [-0.1, -0.05) is 0 Å². The Balaban J connectivity index is 0. The Morgan fingerprint density at radius 1 is 1.13 bits per heavy atom. The van der Waals surface area contributed by atoms with Crippen LogP contribution in [0.2, 0.25) is 0 Å². The molecule has 0 aliphatic rings. The molecule has 0 aromatic rings. The monoisotopic (exact) mass is 238 g/mol. The molecule has 0 saturated carbocycles. The van der Waals surface area contributed by atoms with Gasteiger partial charge < -0.3 is 26.5 Å². The molecule has 0 aromatic heterocycles. The van der Waals surface area contributed by atoms with Gasteiger partial charge in [-0.2, -0.15) is 0 Å². The number of ether oxygens (including phenoxy) is 1. The van der Waals surface area contributed by atoms with Crippen molar-refractivity contribution in [3.8, 4) is 0 Å². The van der Waals surface area contributed by atoms with E-state index >= 15 is 0 Å². The molecule has 0 N–H and O–H groups in total. The molecule has 0 fully saturated rings. The number of hydrogen-bond acceptors (Lipinski definition) is 2. The molecule has 0 saturated heterocycles. The van der Waals surface area contributed by atoms with E-state index in [0.29, 0.717) is 0 Å². The molecule has 15 heavy (non-hydrogen) atoms. The van der Waals surface area contributed by atoms with Crippen molar-refractivity contribution in [1.29, 1.82) is 0 Å². The largest absolute Gasteiger partial charge is 1.00 e. The van der Waals surface area contributed by atoms with Gasteiger partial charge in [0, 0.05) is 13.2 Å². The Morgan fingerprint density at radius 3 is 2.13 bits per heavy atom. The molecule has 0 aromatic carbocycles. The second kappa shape index (κ2) is 9.40. The van der Waals surface area contributed by atoms with Gasteiger partial charge in [-0.25, -0.2) is 0 Å². The number of rotatable bonds is 8. The van der Waals surface area contributed by atoms with Gasteiger partial charge in [-0.15, -0.1) is 0 Å². The predicted molar refractivity (Wildman–Crippen MR) is 61.5 cm³/mol. The summed E-state index contributed by atoms with van der Waals surface area (Å²) in [5.74, 6) is 0. The van der Waals surface area contributed by atoms with E-state index in [1.807, 2.05) is 0 Å². The topological polar surface area (TPSA) is 12.5 Å². The highest BCUT2D eigenvalue weighted by Gasteiger charge is 2.18. The van der Waals surface area contributed by atoms with Crippen LogP contribution in [0.5, 0.6) is 0 Å². The van der Waals surface area contributed by atoms with Gasteiger partial charge >= 0.3 is 0 Å². The molecule has 0 aliphatic carbocycles. The van der Waals surface area contributed by atoms with Crippen LogP contribution in [0.3, 0.4) is 0 Å². The summed E-state index contributed by atoms with van der Waals surface area (Å²) in [5.41, 5.74) is 0. The van der Waals surface area contributed by atoms with Crippen molar-refractivity contribution >= 4 is 0 Å². The minimum absolute atomic E-state index is 0. The summed E-state index contributed by atoms with van der Waals surface area (Å²) >= 11 is 0. The first-order chi connectivity index (χ1) is 6.54. The van der Waals surface area contributed by atoms with Gasteiger partial charge in [0.05, 0.1) is 26.7 Å². The molecule has 94 valence electrons. The zero-order valence-electron chi connectivity index (χ0n) is 10.9. The van der Waals surface area contributed by atoms with E-state index in [4.69, 9.17) is 4.74 Å². The Hall–Kier alpha value is 0.170. The quantitative estimate of drug-likeness (QED) is 0.360. The third-order valence-corrected chi connectivity index (χ3v) is 2.83. The lowest BCUT2D eigenvalue weighted by Gasteiger charge is -2.34. The highest BCUT2D eigenvalue weighted by atomic mass is 35.5. The van der Waals surface area contributed by atoms with Crippen molar-refractivity contribution in [1.82, 2.24) is 4.90 Å². The fourth-order valence-electron chi connectivity index (χ4n) is 1.30. The Morgan fingerprint density at radius 2 is 1.73 bits per heavy atom. The molecule has 0 aliphatic heterocycles. The van der Waals surface area contributed by atoms with Gasteiger partial charge in [-0.05, 0) is 27.9 Å². The molecule has 0 amide bonds. The zero-order chi connectivity index (χ0) is 11.0. The Bertz CT molecular complexity index is 145. The number of nitrogens with zero attached hydrogens (tertiary/aromatic N) is 2. The normalized spacial score (nSPS) is 14.8. The number of likely N-dealkylation sites (N-methyl/N-ethyl adjacent to an activating group) is 2. The summed E-state index contributed by atoms with van der Waals surface area (Å²) in [6.45, 7) is 10.7. The van der Waals surface area contributed by atoms with E-state index in [0.717, 1.165) is 30.8 Å². The van der Waals surface area contributed by atoms with E-state index < -0.39 is 0 Å². The maximum atomic E-state index is 5.41. The number of quaternary nitrogens is 1. The summed E-state index contributed by atoms with van der Waals surface area (Å²) in [4.78, 5) is 2.24. The average molecular weight is 239 g/mol. The van der Waals surface area contributed by atoms with Crippen molar-refractivity contribution in [2.45, 2.75) is 13.8 Å². The van der Waals surface area contributed by atoms with Gasteiger partial charge in [0.1, 0.15) is 6.54 Å². The lowest BCUT2D eigenvalue weighted by molar-refractivity contribution is -0.907. The van der Waals surface area contributed by atoms with Crippen molar-refractivity contribution in [3.05, 3.63) is 0 Å². The van der Waals surface area contributed by atoms with Gasteiger partial charge in [-0.3, -0.25) is 0 Å². The van der Waals surface area contributed by atoms with Crippen molar-refractivity contribution in [2.75, 3.05) is 60.5 Å². The number of halogens is 1. The average Bonchev–Trinajstić information content (AvgIpc) is 2.15. The summed E-state index contributed by atoms with van der Waals surface area (Å²) in [6.07, 6.45) is 0. The van der Waals surface area contributed by atoms with Crippen LogP contribution in [0, 0.1) is 0 Å². The van der Waals surface area contributed by atoms with Crippen LogP contribution in [-0.4, -0.2) is 69.9 Å². The molecule has 0 bridgehead atoms. The summed E-state index contributed by atoms with van der Waals surface area (Å²) in [6, 6.07) is 0. The maximum Gasteiger partial charge on any atom is 0.102 e. The molecule has 0 spiro atoms. The van der Waals surface area contributed by atoms with Crippen LogP contribution in [0.15, 0.2) is 0 Å². The van der Waals surface area contributed by atoms with Crippen LogP contribution in [0.25, 0.3) is 0 Å². The SMILES string of the molecule is CCOCC[N+](C)(CC)CCN(C)C.[Cl-]. The highest BCUT2D eigenvalue weighted by Crippen LogP contribution is 2.01. The first-order valence-corrected chi connectivity index (χ1v) is 5.60. The Kier molecular flexibility index (Phi) is 11.0. The fourth-order valence-corrected chi connectivity index (χ4v) is 1.30. The number of hydrogen-bond donors (Lipinski definition) is 0. The zero-order valence-corrected chi connectivity index (χ0v) is 11.7. The van der Waals surface area contributed by atoms with E-state index in [2.05, 4.69) is 39.9 Å². The van der Waals surface area contributed by atoms with E-state index in [9.17, 15) is 0 Å². The van der Waals surface area contributed by atoms with Crippen LogP contribution < -0.4 is 12.4 Å². The minimum atomic E-state index is 0. The van der Waals surface area contributed by atoms with Crippen molar-refractivity contribution < 1.29 is 21.6 Å². The third-order valence-electron chi connectivity index (χ3n) is 2.83. The van der Waals surface area contributed by atoms with Gasteiger partial charge in [0.2, 0.25) is 0 Å². The molecule has 1 unspecified atom stereocenters. The van der Waals surface area contributed by atoms with Crippen molar-refractivity contribution in [2.24, 2.45) is 0 Å². The molecule has 0 heterocycles. The molecule has 1 atom stereocenters. The first kappa shape index (κ1) is 17.6. The lowest BCUT2D eigenvalue weighted by Crippen LogP contribution is -3.00. The summed E-state index contributed by atoms with van der Waals surface area (Å²) < 4.78 is 6.52. The standard InChI is InChI=1S/C11H27N2O.ClH/c1-6-13(5,9-8-12(3)4)10-11-14-7-2;/h6-11H2,1-5H3;1H/q+1;/p-1. The molecular weight excluding hydrogens is 212 g/mol. The van der Waals surface area contributed by atoms with Crippen molar-refractivity contribution in [3.63, 3.8) is 0 Å². The Labute approximate surface area is 101 Å². The fraction of sp³-hybridized carbons (Fsp3) is 1.00. The minimum Gasteiger partial charge on any atom is -1.00 e. The second-order valence-corrected chi connectivity index (χ2v) is 4.38. The highest BCUT2D eigenvalue weighted by molar-refractivity contribution is 4.44. The summed E-state index contributed by atoms with van der Waals surface area (Å²) in [7, 11) is 6.56. The molecule has 4 heteroatoms. The van der Waals surface area contributed by atoms with Crippen LogP contribution in [-0.2, 0) is 4.74 Å². The van der Waals surface area contributed by atoms with E-state index in [-0.39, 0.29) is 12.4 Å². The van der Waals surface area contributed by atoms with Crippen LogP contribution >= 0.6 is 0 Å². The second-order valence-electron chi connectivity index (χ2n) is 4.38. The predicted octanol–water partition coefficient (Wildman–Crippen LogP) is -1.94. The van der Waals surface area contributed by atoms with Crippen LogP contribution in [0.4, 0.5) is 0 Å².